The molecule has 6 heteroatoms. The molecule has 1 aliphatic heterocycles. The lowest BCUT2D eigenvalue weighted by molar-refractivity contribution is 0.0687. The molecule has 0 aromatic carbocycles. The minimum atomic E-state index is -1.01. The molecular formula is C11H16N4O2. The molecule has 1 atom stereocenters. The van der Waals surface area contributed by atoms with E-state index in [2.05, 4.69) is 19.8 Å². The second-order valence-corrected chi connectivity index (χ2v) is 4.36. The number of piperazine rings is 1. The second kappa shape index (κ2) is 4.77. The van der Waals surface area contributed by atoms with Gasteiger partial charge in [0.25, 0.3) is 0 Å². The van der Waals surface area contributed by atoms with E-state index in [0.717, 1.165) is 19.6 Å². The van der Waals surface area contributed by atoms with Crippen molar-refractivity contribution >= 4 is 5.97 Å². The van der Waals surface area contributed by atoms with Crippen molar-refractivity contribution in [2.75, 3.05) is 33.7 Å². The number of carbonyl (C=O) groups is 1. The van der Waals surface area contributed by atoms with Crippen molar-refractivity contribution in [2.24, 2.45) is 0 Å². The molecule has 92 valence electrons. The minimum absolute atomic E-state index is 0.0524. The van der Waals surface area contributed by atoms with Crippen LogP contribution in [0.4, 0.5) is 0 Å². The third-order valence-corrected chi connectivity index (χ3v) is 3.04. The van der Waals surface area contributed by atoms with E-state index in [9.17, 15) is 4.79 Å². The van der Waals surface area contributed by atoms with Crippen LogP contribution in [-0.2, 0) is 0 Å². The lowest BCUT2D eigenvalue weighted by Gasteiger charge is -2.36. The maximum Gasteiger partial charge on any atom is 0.354 e. The third kappa shape index (κ3) is 2.59. The first kappa shape index (κ1) is 11.9. The minimum Gasteiger partial charge on any atom is -0.477 e. The summed E-state index contributed by atoms with van der Waals surface area (Å²) in [4.78, 5) is 23.5. The molecule has 0 aliphatic carbocycles. The molecule has 1 aliphatic rings. The molecule has 1 fully saturated rings. The van der Waals surface area contributed by atoms with E-state index in [1.54, 1.807) is 0 Å². The SMILES string of the molecule is CN1CCN(C)C(c2nccc(C(=O)O)n2)C1. The number of aromatic carboxylic acids is 1. The zero-order valence-electron chi connectivity index (χ0n) is 10.00. The summed E-state index contributed by atoms with van der Waals surface area (Å²) in [5.41, 5.74) is 0.0524. The van der Waals surface area contributed by atoms with Gasteiger partial charge in [0.05, 0.1) is 6.04 Å². The van der Waals surface area contributed by atoms with Crippen LogP contribution in [0.3, 0.4) is 0 Å². The number of carboxylic acids is 1. The van der Waals surface area contributed by atoms with Crippen molar-refractivity contribution in [3.63, 3.8) is 0 Å². The van der Waals surface area contributed by atoms with Gasteiger partial charge in [0.15, 0.2) is 5.69 Å². The van der Waals surface area contributed by atoms with Gasteiger partial charge in [-0.1, -0.05) is 0 Å². The normalized spacial score (nSPS) is 22.6. The smallest absolute Gasteiger partial charge is 0.354 e. The van der Waals surface area contributed by atoms with E-state index >= 15 is 0 Å². The Bertz CT molecular complexity index is 424. The highest BCUT2D eigenvalue weighted by Crippen LogP contribution is 2.19. The molecule has 6 nitrogen and oxygen atoms in total. The summed E-state index contributed by atoms with van der Waals surface area (Å²) in [6.45, 7) is 2.76. The zero-order chi connectivity index (χ0) is 12.4. The average molecular weight is 236 g/mol. The summed E-state index contributed by atoms with van der Waals surface area (Å²) < 4.78 is 0. The van der Waals surface area contributed by atoms with E-state index in [0.29, 0.717) is 5.82 Å². The lowest BCUT2D eigenvalue weighted by atomic mass is 10.1. The summed E-state index contributed by atoms with van der Waals surface area (Å²) in [6.07, 6.45) is 1.51. The first-order valence-corrected chi connectivity index (χ1v) is 5.53. The number of nitrogens with zero attached hydrogens (tertiary/aromatic N) is 4. The van der Waals surface area contributed by atoms with Crippen LogP contribution in [0.2, 0.25) is 0 Å². The van der Waals surface area contributed by atoms with Gasteiger partial charge in [-0.15, -0.1) is 0 Å². The fourth-order valence-electron chi connectivity index (χ4n) is 1.94. The highest BCUT2D eigenvalue weighted by Gasteiger charge is 2.26. The molecule has 17 heavy (non-hydrogen) atoms. The van der Waals surface area contributed by atoms with Crippen molar-refractivity contribution in [3.8, 4) is 0 Å². The molecule has 1 saturated heterocycles. The Morgan fingerprint density at radius 2 is 2.24 bits per heavy atom. The summed E-state index contributed by atoms with van der Waals surface area (Å²) in [7, 11) is 4.05. The predicted molar refractivity (Wildman–Crippen MR) is 61.9 cm³/mol. The van der Waals surface area contributed by atoms with Gasteiger partial charge in [-0.05, 0) is 20.2 Å². The zero-order valence-corrected chi connectivity index (χ0v) is 10.00. The summed E-state index contributed by atoms with van der Waals surface area (Å²) in [5.74, 6) is -0.431. The lowest BCUT2D eigenvalue weighted by Crippen LogP contribution is -2.45. The largest absolute Gasteiger partial charge is 0.477 e. The van der Waals surface area contributed by atoms with Crippen LogP contribution in [-0.4, -0.2) is 64.6 Å². The topological polar surface area (TPSA) is 69.6 Å². The summed E-state index contributed by atoms with van der Waals surface area (Å²) >= 11 is 0. The van der Waals surface area contributed by atoms with Crippen LogP contribution < -0.4 is 0 Å². The molecular weight excluding hydrogens is 220 g/mol. The van der Waals surface area contributed by atoms with Crippen molar-refractivity contribution < 1.29 is 9.90 Å². The average Bonchev–Trinajstić information content (AvgIpc) is 2.32. The van der Waals surface area contributed by atoms with Crippen LogP contribution in [0, 0.1) is 0 Å². The van der Waals surface area contributed by atoms with Crippen molar-refractivity contribution in [2.45, 2.75) is 6.04 Å². The number of rotatable bonds is 2. The fraction of sp³-hybridized carbons (Fsp3) is 0.545. The van der Waals surface area contributed by atoms with Crippen LogP contribution in [0.1, 0.15) is 22.4 Å². The second-order valence-electron chi connectivity index (χ2n) is 4.36. The number of aromatic nitrogens is 2. The highest BCUT2D eigenvalue weighted by molar-refractivity contribution is 5.85. The van der Waals surface area contributed by atoms with E-state index in [4.69, 9.17) is 5.11 Å². The van der Waals surface area contributed by atoms with Crippen LogP contribution in [0.25, 0.3) is 0 Å². The Hall–Kier alpha value is -1.53. The Morgan fingerprint density at radius 3 is 2.94 bits per heavy atom. The third-order valence-electron chi connectivity index (χ3n) is 3.04. The predicted octanol–water partition coefficient (Wildman–Crippen LogP) is 0.0931. The van der Waals surface area contributed by atoms with Gasteiger partial charge < -0.3 is 10.0 Å². The van der Waals surface area contributed by atoms with Gasteiger partial charge >= 0.3 is 5.97 Å². The van der Waals surface area contributed by atoms with Gasteiger partial charge in [0, 0.05) is 25.8 Å². The number of hydrogen-bond acceptors (Lipinski definition) is 5. The van der Waals surface area contributed by atoms with Crippen LogP contribution in [0.15, 0.2) is 12.3 Å². The standard InChI is InChI=1S/C11H16N4O2/c1-14-5-6-15(2)9(7-14)10-12-4-3-8(13-10)11(16)17/h3-4,9H,5-7H2,1-2H3,(H,16,17). The monoisotopic (exact) mass is 236 g/mol. The fourth-order valence-corrected chi connectivity index (χ4v) is 1.94. The van der Waals surface area contributed by atoms with Crippen LogP contribution >= 0.6 is 0 Å². The van der Waals surface area contributed by atoms with E-state index in [-0.39, 0.29) is 11.7 Å². The van der Waals surface area contributed by atoms with Gasteiger partial charge in [-0.2, -0.15) is 0 Å². The first-order chi connectivity index (χ1) is 8.08. The molecule has 0 amide bonds. The highest BCUT2D eigenvalue weighted by atomic mass is 16.4. The Morgan fingerprint density at radius 1 is 1.47 bits per heavy atom. The maximum atomic E-state index is 10.9. The van der Waals surface area contributed by atoms with Gasteiger partial charge in [-0.3, -0.25) is 4.90 Å². The molecule has 0 radical (unpaired) electrons. The van der Waals surface area contributed by atoms with Crippen molar-refractivity contribution in [1.29, 1.82) is 0 Å². The van der Waals surface area contributed by atoms with Crippen molar-refractivity contribution in [3.05, 3.63) is 23.8 Å². The Labute approximate surface area is 99.9 Å². The molecule has 0 saturated carbocycles. The van der Waals surface area contributed by atoms with Gasteiger partial charge in [-0.25, -0.2) is 14.8 Å². The molecule has 2 rings (SSSR count). The van der Waals surface area contributed by atoms with Crippen LogP contribution in [0.5, 0.6) is 0 Å². The summed E-state index contributed by atoms with van der Waals surface area (Å²) in [6, 6.07) is 1.48. The molecule has 1 aromatic rings. The quantitative estimate of drug-likeness (QED) is 0.785. The van der Waals surface area contributed by atoms with E-state index in [1.807, 2.05) is 14.1 Å². The van der Waals surface area contributed by atoms with Gasteiger partial charge in [0.1, 0.15) is 5.82 Å². The molecule has 2 heterocycles. The van der Waals surface area contributed by atoms with Crippen molar-refractivity contribution in [1.82, 2.24) is 19.8 Å². The molecule has 1 N–H and O–H groups in total. The number of hydrogen-bond donors (Lipinski definition) is 1. The molecule has 1 aromatic heterocycles. The maximum absolute atomic E-state index is 10.9. The number of likely N-dealkylation sites (N-methyl/N-ethyl adjacent to an activating group) is 2. The van der Waals surface area contributed by atoms with E-state index < -0.39 is 5.97 Å². The Balaban J connectivity index is 2.26. The molecule has 0 bridgehead atoms. The Kier molecular flexibility index (Phi) is 3.35. The van der Waals surface area contributed by atoms with E-state index in [1.165, 1.54) is 12.3 Å². The van der Waals surface area contributed by atoms with Gasteiger partial charge in [0.2, 0.25) is 0 Å². The number of carboxylic acid groups (broad SMARTS) is 1. The molecule has 1 unspecified atom stereocenters. The summed E-state index contributed by atoms with van der Waals surface area (Å²) in [5, 5.41) is 8.91. The molecule has 0 spiro atoms. The first-order valence-electron chi connectivity index (χ1n) is 5.53.